The van der Waals surface area contributed by atoms with Gasteiger partial charge in [0.25, 0.3) is 0 Å². The Morgan fingerprint density at radius 3 is 2.90 bits per heavy atom. The van der Waals surface area contributed by atoms with Gasteiger partial charge in [-0.15, -0.1) is 0 Å². The summed E-state index contributed by atoms with van der Waals surface area (Å²) >= 11 is 5.13. The van der Waals surface area contributed by atoms with Crippen molar-refractivity contribution in [2.24, 2.45) is 0 Å². The minimum atomic E-state index is 0.791. The molecule has 0 saturated heterocycles. The van der Waals surface area contributed by atoms with Crippen LogP contribution in [0.4, 0.5) is 0 Å². The highest BCUT2D eigenvalue weighted by Gasteiger charge is 2.06. The maximum absolute atomic E-state index is 4.60. The third-order valence-electron chi connectivity index (χ3n) is 3.19. The second kappa shape index (κ2) is 5.20. The van der Waals surface area contributed by atoms with Gasteiger partial charge in [-0.3, -0.25) is 0 Å². The van der Waals surface area contributed by atoms with Crippen LogP contribution in [0.2, 0.25) is 0 Å². The number of fused-ring (bicyclic) bond motifs is 2. The summed E-state index contributed by atoms with van der Waals surface area (Å²) in [6.07, 6.45) is 4.06. The lowest BCUT2D eigenvalue weighted by atomic mass is 10.3. The number of thioether (sulfide) groups is 1. The highest BCUT2D eigenvalue weighted by Crippen LogP contribution is 2.23. The Morgan fingerprint density at radius 2 is 2.00 bits per heavy atom. The molecule has 0 radical (unpaired) electrons. The molecule has 1 aromatic carbocycles. The number of halogens is 1. The lowest BCUT2D eigenvalue weighted by molar-refractivity contribution is 1.07. The van der Waals surface area contributed by atoms with Crippen molar-refractivity contribution in [1.82, 2.24) is 19.4 Å². The van der Waals surface area contributed by atoms with Crippen LogP contribution >= 0.6 is 27.7 Å². The van der Waals surface area contributed by atoms with E-state index in [1.165, 1.54) is 0 Å². The third-order valence-corrected chi connectivity index (χ3v) is 4.57. The van der Waals surface area contributed by atoms with E-state index in [0.717, 1.165) is 37.8 Å². The molecule has 3 aromatic heterocycles. The number of rotatable bonds is 3. The summed E-state index contributed by atoms with van der Waals surface area (Å²) in [5.41, 5.74) is 4.06. The molecule has 0 atom stereocenters. The molecule has 0 aliphatic carbocycles. The zero-order valence-corrected chi connectivity index (χ0v) is 13.4. The number of nitrogens with one attached hydrogen (secondary N) is 1. The molecule has 104 valence electrons. The summed E-state index contributed by atoms with van der Waals surface area (Å²) < 4.78 is 3.07. The number of aromatic amines is 1. The molecule has 6 heteroatoms. The van der Waals surface area contributed by atoms with E-state index < -0.39 is 0 Å². The van der Waals surface area contributed by atoms with E-state index in [1.54, 1.807) is 11.8 Å². The third kappa shape index (κ3) is 2.56. The predicted molar refractivity (Wildman–Crippen MR) is 88.5 cm³/mol. The Labute approximate surface area is 133 Å². The number of hydrogen-bond acceptors (Lipinski definition) is 3. The quantitative estimate of drug-likeness (QED) is 0.556. The molecule has 0 aliphatic rings. The van der Waals surface area contributed by atoms with Crippen molar-refractivity contribution in [3.8, 4) is 0 Å². The number of aromatic nitrogens is 4. The van der Waals surface area contributed by atoms with Gasteiger partial charge in [0.05, 0.1) is 16.7 Å². The molecular weight excluding hydrogens is 348 g/mol. The summed E-state index contributed by atoms with van der Waals surface area (Å²) in [6, 6.07) is 12.1. The number of benzene rings is 1. The van der Waals surface area contributed by atoms with Gasteiger partial charge in [0.1, 0.15) is 5.65 Å². The Bertz CT molecular complexity index is 895. The lowest BCUT2D eigenvalue weighted by Crippen LogP contribution is -1.81. The van der Waals surface area contributed by atoms with Crippen LogP contribution in [0.5, 0.6) is 0 Å². The molecule has 3 heterocycles. The monoisotopic (exact) mass is 358 g/mol. The standard InChI is InChI=1S/C15H11BrN4S/c16-10-5-6-14-17-11(8-20(14)7-10)9-21-15-18-12-3-1-2-4-13(12)19-15/h1-8H,9H2,(H,18,19). The van der Waals surface area contributed by atoms with Gasteiger partial charge in [0.15, 0.2) is 5.16 Å². The molecule has 0 fully saturated rings. The SMILES string of the molecule is Brc1ccc2nc(CSc3nc4ccccc4[nH]3)cn2c1. The summed E-state index contributed by atoms with van der Waals surface area (Å²) in [5.74, 6) is 0.791. The minimum Gasteiger partial charge on any atom is -0.333 e. The van der Waals surface area contributed by atoms with E-state index in [4.69, 9.17) is 0 Å². The van der Waals surface area contributed by atoms with Crippen molar-refractivity contribution in [3.05, 3.63) is 59.0 Å². The summed E-state index contributed by atoms with van der Waals surface area (Å²) in [6.45, 7) is 0. The maximum atomic E-state index is 4.60. The van der Waals surface area contributed by atoms with E-state index in [1.807, 2.05) is 47.0 Å². The molecule has 0 aliphatic heterocycles. The highest BCUT2D eigenvalue weighted by atomic mass is 79.9. The highest BCUT2D eigenvalue weighted by molar-refractivity contribution is 9.10. The second-order valence-electron chi connectivity index (χ2n) is 4.69. The van der Waals surface area contributed by atoms with Crippen molar-refractivity contribution in [1.29, 1.82) is 0 Å². The number of H-pyrrole nitrogens is 1. The Morgan fingerprint density at radius 1 is 1.10 bits per heavy atom. The van der Waals surface area contributed by atoms with Crippen molar-refractivity contribution < 1.29 is 0 Å². The zero-order chi connectivity index (χ0) is 14.2. The number of imidazole rings is 2. The number of para-hydroxylation sites is 2. The molecule has 0 bridgehead atoms. The molecule has 1 N–H and O–H groups in total. The predicted octanol–water partition coefficient (Wildman–Crippen LogP) is 4.27. The molecule has 4 nitrogen and oxygen atoms in total. The second-order valence-corrected chi connectivity index (χ2v) is 6.57. The number of nitrogens with zero attached hydrogens (tertiary/aromatic N) is 3. The van der Waals surface area contributed by atoms with Crippen LogP contribution in [-0.2, 0) is 5.75 Å². The fourth-order valence-corrected chi connectivity index (χ4v) is 3.35. The molecule has 0 saturated carbocycles. The van der Waals surface area contributed by atoms with Crippen LogP contribution < -0.4 is 0 Å². The van der Waals surface area contributed by atoms with E-state index in [9.17, 15) is 0 Å². The summed E-state index contributed by atoms with van der Waals surface area (Å²) in [4.78, 5) is 12.5. The van der Waals surface area contributed by atoms with Gasteiger partial charge in [-0.05, 0) is 40.2 Å². The number of hydrogen-bond donors (Lipinski definition) is 1. The van der Waals surface area contributed by atoms with Gasteiger partial charge in [-0.25, -0.2) is 9.97 Å². The normalized spacial score (nSPS) is 11.5. The molecule has 0 amide bonds. The van der Waals surface area contributed by atoms with Crippen LogP contribution in [0.25, 0.3) is 16.7 Å². The van der Waals surface area contributed by atoms with E-state index in [-0.39, 0.29) is 0 Å². The van der Waals surface area contributed by atoms with Crippen molar-refractivity contribution >= 4 is 44.4 Å². The van der Waals surface area contributed by atoms with Crippen molar-refractivity contribution in [2.75, 3.05) is 0 Å². The van der Waals surface area contributed by atoms with Crippen LogP contribution in [0.3, 0.4) is 0 Å². The van der Waals surface area contributed by atoms with E-state index in [2.05, 4.69) is 37.1 Å². The average Bonchev–Trinajstić information content (AvgIpc) is 3.07. The van der Waals surface area contributed by atoms with Crippen molar-refractivity contribution in [3.63, 3.8) is 0 Å². The van der Waals surface area contributed by atoms with Gasteiger partial charge in [0.2, 0.25) is 0 Å². The van der Waals surface area contributed by atoms with E-state index in [0.29, 0.717) is 0 Å². The average molecular weight is 359 g/mol. The maximum Gasteiger partial charge on any atom is 0.166 e. The van der Waals surface area contributed by atoms with Gasteiger partial charge < -0.3 is 9.38 Å². The molecular formula is C15H11BrN4S. The molecule has 0 unspecified atom stereocenters. The van der Waals surface area contributed by atoms with Crippen LogP contribution in [0.1, 0.15) is 5.69 Å². The molecule has 0 spiro atoms. The van der Waals surface area contributed by atoms with Gasteiger partial charge in [0, 0.05) is 22.6 Å². The lowest BCUT2D eigenvalue weighted by Gasteiger charge is -1.92. The molecule has 4 rings (SSSR count). The van der Waals surface area contributed by atoms with E-state index >= 15 is 0 Å². The van der Waals surface area contributed by atoms with Crippen molar-refractivity contribution in [2.45, 2.75) is 10.9 Å². The smallest absolute Gasteiger partial charge is 0.166 e. The van der Waals surface area contributed by atoms with Crippen LogP contribution in [-0.4, -0.2) is 19.4 Å². The van der Waals surface area contributed by atoms with Gasteiger partial charge >= 0.3 is 0 Å². The minimum absolute atomic E-state index is 0.791. The first kappa shape index (κ1) is 12.9. The number of pyridine rings is 1. The summed E-state index contributed by atoms with van der Waals surface area (Å²) in [7, 11) is 0. The summed E-state index contributed by atoms with van der Waals surface area (Å²) in [5, 5.41) is 0.925. The Kier molecular flexibility index (Phi) is 3.20. The Balaban J connectivity index is 1.57. The first-order valence-corrected chi connectivity index (χ1v) is 8.26. The Hall–Kier alpha value is -1.79. The zero-order valence-electron chi connectivity index (χ0n) is 11.0. The van der Waals surface area contributed by atoms with Gasteiger partial charge in [-0.2, -0.15) is 0 Å². The van der Waals surface area contributed by atoms with Crippen LogP contribution in [0.15, 0.2) is 58.4 Å². The molecule has 4 aromatic rings. The first-order valence-electron chi connectivity index (χ1n) is 6.49. The molecule has 21 heavy (non-hydrogen) atoms. The largest absolute Gasteiger partial charge is 0.333 e. The fraction of sp³-hybridized carbons (Fsp3) is 0.0667. The fourth-order valence-electron chi connectivity index (χ4n) is 2.23. The van der Waals surface area contributed by atoms with Gasteiger partial charge in [-0.1, -0.05) is 23.9 Å². The topological polar surface area (TPSA) is 46.0 Å². The first-order chi connectivity index (χ1) is 10.3. The van der Waals surface area contributed by atoms with Crippen LogP contribution in [0, 0.1) is 0 Å².